The lowest BCUT2D eigenvalue weighted by Gasteiger charge is -2.45. The molecule has 1 aliphatic heterocycles. The van der Waals surface area contributed by atoms with Gasteiger partial charge in [-0.3, -0.25) is 10.2 Å². The molecule has 0 radical (unpaired) electrons. The summed E-state index contributed by atoms with van der Waals surface area (Å²) in [5, 5.41) is 37.8. The van der Waals surface area contributed by atoms with Crippen molar-refractivity contribution in [1.29, 1.82) is 10.7 Å². The fraction of sp³-hybridized carbons (Fsp3) is 0.316. The van der Waals surface area contributed by atoms with E-state index < -0.39 is 17.6 Å². The van der Waals surface area contributed by atoms with Gasteiger partial charge >= 0.3 is 5.97 Å². The van der Waals surface area contributed by atoms with E-state index >= 15 is 0 Å². The quantitative estimate of drug-likeness (QED) is 0.577. The summed E-state index contributed by atoms with van der Waals surface area (Å²) < 4.78 is 0. The number of nitrogens with zero attached hydrogens (tertiary/aromatic N) is 2. The molecule has 1 aromatic carbocycles. The average Bonchev–Trinajstić information content (AvgIpc) is 2.86. The van der Waals surface area contributed by atoms with Gasteiger partial charge in [0.1, 0.15) is 23.5 Å². The molecule has 0 saturated carbocycles. The minimum Gasteiger partial charge on any atom is -0.512 e. The standard InChI is InChI=1S/C19H19ClN4O3S/c1-19-14(6-12(25)7-16(19)28-9-15(22)18(26)27)13(8-21)17(23)24(19)11-4-2-10(20)3-5-11/h2-6,15-16,23,25H,7,9,22H2,1H3,(H,26,27)/t15-,16+,19-/m0/s1. The van der Waals surface area contributed by atoms with Crippen LogP contribution in [0.1, 0.15) is 13.3 Å². The van der Waals surface area contributed by atoms with Gasteiger partial charge in [-0.25, -0.2) is 0 Å². The number of aliphatic hydroxyl groups excluding tert-OH is 1. The number of nitrogens with one attached hydrogen (secondary N) is 1. The van der Waals surface area contributed by atoms with E-state index in [1.807, 2.05) is 6.92 Å². The lowest BCUT2D eigenvalue weighted by atomic mass is 9.81. The van der Waals surface area contributed by atoms with Gasteiger partial charge in [-0.2, -0.15) is 17.0 Å². The van der Waals surface area contributed by atoms with Crippen LogP contribution in [-0.2, 0) is 4.79 Å². The number of carboxylic acids is 1. The van der Waals surface area contributed by atoms with Crippen LogP contribution < -0.4 is 10.6 Å². The summed E-state index contributed by atoms with van der Waals surface area (Å²) in [5.41, 5.74) is 6.23. The molecule has 1 heterocycles. The van der Waals surface area contributed by atoms with Crippen molar-refractivity contribution in [2.24, 2.45) is 5.73 Å². The Morgan fingerprint density at radius 2 is 2.18 bits per heavy atom. The molecule has 5 N–H and O–H groups in total. The smallest absolute Gasteiger partial charge is 0.321 e. The summed E-state index contributed by atoms with van der Waals surface area (Å²) in [7, 11) is 0. The van der Waals surface area contributed by atoms with E-state index in [1.165, 1.54) is 17.8 Å². The summed E-state index contributed by atoms with van der Waals surface area (Å²) in [6, 6.07) is 7.97. The molecule has 9 heteroatoms. The zero-order valence-corrected chi connectivity index (χ0v) is 16.6. The molecule has 2 aliphatic rings. The number of nitriles is 1. The molecule has 3 atom stereocenters. The molecule has 0 fully saturated rings. The Labute approximate surface area is 171 Å². The second kappa shape index (κ2) is 7.51. The Kier molecular flexibility index (Phi) is 5.44. The second-order valence-corrected chi connectivity index (χ2v) is 8.49. The Hall–Kier alpha value is -2.47. The van der Waals surface area contributed by atoms with E-state index in [2.05, 4.69) is 6.07 Å². The molecule has 3 rings (SSSR count). The summed E-state index contributed by atoms with van der Waals surface area (Å²) in [5.74, 6) is -0.843. The van der Waals surface area contributed by atoms with Crippen molar-refractivity contribution in [3.63, 3.8) is 0 Å². The molecule has 0 aromatic heterocycles. The molecular formula is C19H19ClN4O3S. The number of carboxylic acid groups (broad SMARTS) is 1. The highest BCUT2D eigenvalue weighted by atomic mass is 35.5. The Balaban J connectivity index is 2.08. The minimum absolute atomic E-state index is 0.0291. The van der Waals surface area contributed by atoms with Crippen LogP contribution in [0.3, 0.4) is 0 Å². The largest absolute Gasteiger partial charge is 0.512 e. The first-order valence-electron chi connectivity index (χ1n) is 8.49. The van der Waals surface area contributed by atoms with Crippen LogP contribution in [0, 0.1) is 16.7 Å². The maximum atomic E-state index is 11.1. The SMILES string of the molecule is C[C@@]12C(=C(C#N)C(=N)N1c1ccc(Cl)cc1)C=C(O)C[C@H]2SC[C@H](N)C(=O)O. The molecule has 28 heavy (non-hydrogen) atoms. The molecule has 0 saturated heterocycles. The molecule has 146 valence electrons. The number of hydrogen-bond donors (Lipinski definition) is 4. The lowest BCUT2D eigenvalue weighted by molar-refractivity contribution is -0.137. The van der Waals surface area contributed by atoms with E-state index in [0.29, 0.717) is 16.3 Å². The van der Waals surface area contributed by atoms with Crippen molar-refractivity contribution in [1.82, 2.24) is 0 Å². The van der Waals surface area contributed by atoms with Crippen LogP contribution in [0.5, 0.6) is 0 Å². The van der Waals surface area contributed by atoms with Crippen LogP contribution in [0.4, 0.5) is 5.69 Å². The molecule has 0 spiro atoms. The van der Waals surface area contributed by atoms with E-state index in [9.17, 15) is 15.2 Å². The number of amidine groups is 1. The van der Waals surface area contributed by atoms with Crippen LogP contribution in [0.15, 0.2) is 47.2 Å². The number of halogens is 1. The van der Waals surface area contributed by atoms with Gasteiger partial charge in [0.15, 0.2) is 0 Å². The highest BCUT2D eigenvalue weighted by Crippen LogP contribution is 2.50. The number of thioether (sulfide) groups is 1. The van der Waals surface area contributed by atoms with Crippen LogP contribution >= 0.6 is 23.4 Å². The van der Waals surface area contributed by atoms with Crippen molar-refractivity contribution in [2.45, 2.75) is 30.2 Å². The number of fused-ring (bicyclic) bond motifs is 1. The third-order valence-electron chi connectivity index (χ3n) is 5.06. The van der Waals surface area contributed by atoms with Crippen LogP contribution in [0.25, 0.3) is 0 Å². The molecule has 0 amide bonds. The third-order valence-corrected chi connectivity index (χ3v) is 6.89. The first kappa shape index (κ1) is 20.3. The fourth-order valence-corrected chi connectivity index (χ4v) is 5.16. The number of rotatable bonds is 5. The summed E-state index contributed by atoms with van der Waals surface area (Å²) in [6.45, 7) is 1.89. The number of hydrogen-bond acceptors (Lipinski definition) is 6. The minimum atomic E-state index is -1.10. The molecule has 1 aromatic rings. The van der Waals surface area contributed by atoms with Crippen molar-refractivity contribution in [3.05, 3.63) is 52.3 Å². The summed E-state index contributed by atoms with van der Waals surface area (Å²) in [6.07, 6.45) is 1.81. The maximum Gasteiger partial charge on any atom is 0.321 e. The zero-order chi connectivity index (χ0) is 20.6. The highest BCUT2D eigenvalue weighted by molar-refractivity contribution is 8.00. The van der Waals surface area contributed by atoms with Crippen molar-refractivity contribution in [3.8, 4) is 6.07 Å². The first-order valence-corrected chi connectivity index (χ1v) is 9.92. The Morgan fingerprint density at radius 3 is 2.75 bits per heavy atom. The number of nitrogens with two attached hydrogens (primary N) is 1. The number of aliphatic hydroxyl groups is 1. The van der Waals surface area contributed by atoms with Crippen LogP contribution in [-0.4, -0.2) is 44.6 Å². The third kappa shape index (κ3) is 3.26. The molecule has 0 unspecified atom stereocenters. The normalized spacial score (nSPS) is 25.2. The van der Waals surface area contributed by atoms with E-state index in [-0.39, 0.29) is 34.6 Å². The monoisotopic (exact) mass is 418 g/mol. The molecule has 0 bridgehead atoms. The van der Waals surface area contributed by atoms with E-state index in [4.69, 9.17) is 27.9 Å². The van der Waals surface area contributed by atoms with Gasteiger partial charge in [-0.1, -0.05) is 11.6 Å². The predicted octanol–water partition coefficient (Wildman–Crippen LogP) is 3.08. The molecular weight excluding hydrogens is 400 g/mol. The number of allylic oxidation sites excluding steroid dienone is 1. The number of benzene rings is 1. The summed E-state index contributed by atoms with van der Waals surface area (Å²) in [4.78, 5) is 12.8. The highest BCUT2D eigenvalue weighted by Gasteiger charge is 2.53. The fourth-order valence-electron chi connectivity index (χ4n) is 3.61. The van der Waals surface area contributed by atoms with Gasteiger partial charge in [-0.15, -0.1) is 0 Å². The maximum absolute atomic E-state index is 11.1. The Bertz CT molecular complexity index is 937. The average molecular weight is 419 g/mol. The zero-order valence-electron chi connectivity index (χ0n) is 15.0. The first-order chi connectivity index (χ1) is 13.2. The number of carbonyl (C=O) groups is 1. The van der Waals surface area contributed by atoms with Crippen LogP contribution in [0.2, 0.25) is 5.02 Å². The van der Waals surface area contributed by atoms with Crippen molar-refractivity contribution in [2.75, 3.05) is 10.7 Å². The second-order valence-electron chi connectivity index (χ2n) is 6.81. The number of anilines is 1. The van der Waals surface area contributed by atoms with Gasteiger partial charge in [0.2, 0.25) is 0 Å². The van der Waals surface area contributed by atoms with Gasteiger partial charge in [-0.05, 0) is 37.3 Å². The molecule has 1 aliphatic carbocycles. The van der Waals surface area contributed by atoms with Gasteiger partial charge in [0.25, 0.3) is 0 Å². The van der Waals surface area contributed by atoms with Gasteiger partial charge in [0.05, 0.1) is 11.3 Å². The molecule has 7 nitrogen and oxygen atoms in total. The Morgan fingerprint density at radius 1 is 1.54 bits per heavy atom. The van der Waals surface area contributed by atoms with E-state index in [0.717, 1.165) is 0 Å². The van der Waals surface area contributed by atoms with E-state index in [1.54, 1.807) is 29.2 Å². The predicted molar refractivity (Wildman–Crippen MR) is 110 cm³/mol. The summed E-state index contributed by atoms with van der Waals surface area (Å²) >= 11 is 7.31. The lowest BCUT2D eigenvalue weighted by Crippen LogP contribution is -2.55. The van der Waals surface area contributed by atoms with Crippen molar-refractivity contribution >= 4 is 40.9 Å². The van der Waals surface area contributed by atoms with Crippen molar-refractivity contribution < 1.29 is 15.0 Å². The van der Waals surface area contributed by atoms with Gasteiger partial charge in [0, 0.05) is 33.7 Å². The number of aliphatic carboxylic acids is 1. The topological polar surface area (TPSA) is 134 Å². The van der Waals surface area contributed by atoms with Gasteiger partial charge < -0.3 is 20.8 Å².